The number of hydrogen-bond acceptors (Lipinski definition) is 3. The van der Waals surface area contributed by atoms with E-state index >= 15 is 0 Å². The molecule has 0 fully saturated rings. The Balaban J connectivity index is 3.01. The molecule has 11 heavy (non-hydrogen) atoms. The zero-order chi connectivity index (χ0) is 8.27. The maximum absolute atomic E-state index is 4.03. The minimum atomic E-state index is 0.922. The van der Waals surface area contributed by atoms with Crippen molar-refractivity contribution >= 4 is 17.0 Å². The summed E-state index contributed by atoms with van der Waals surface area (Å²) < 4.78 is 1.94. The molecule has 1 heterocycles. The summed E-state index contributed by atoms with van der Waals surface area (Å²) in [5.74, 6) is 0. The summed E-state index contributed by atoms with van der Waals surface area (Å²) in [6.07, 6.45) is 1.96. The van der Waals surface area contributed by atoms with E-state index in [1.165, 1.54) is 0 Å². The molecule has 0 aliphatic heterocycles. The van der Waals surface area contributed by atoms with Crippen molar-refractivity contribution in [3.63, 3.8) is 0 Å². The normalized spacial score (nSPS) is 11.7. The molecule has 0 saturated heterocycles. The summed E-state index contributed by atoms with van der Waals surface area (Å²) >= 11 is 1.58. The van der Waals surface area contributed by atoms with Gasteiger partial charge >= 0.3 is 0 Å². The minimum absolute atomic E-state index is 0.922. The van der Waals surface area contributed by atoms with E-state index in [4.69, 9.17) is 0 Å². The second-order valence-electron chi connectivity index (χ2n) is 2.44. The topological polar surface area (TPSA) is 29.6 Å². The highest BCUT2D eigenvalue weighted by Crippen LogP contribution is 1.86. The first-order chi connectivity index (χ1) is 5.20. The van der Waals surface area contributed by atoms with Gasteiger partial charge < -0.3 is 4.57 Å². The van der Waals surface area contributed by atoms with E-state index < -0.39 is 0 Å². The molecule has 0 spiro atoms. The molecule has 4 heteroatoms. The summed E-state index contributed by atoms with van der Waals surface area (Å²) in [5, 5.41) is 9.98. The lowest BCUT2D eigenvalue weighted by atomic mass is 10.5. The van der Waals surface area contributed by atoms with Crippen LogP contribution in [0.2, 0.25) is 0 Å². The third-order valence-electron chi connectivity index (χ3n) is 1.10. The molecule has 1 aromatic rings. The number of aryl methyl sites for hydroxylation is 1. The SMILES string of the molecule is CC(C)=N/N=c1/sccn1C. The highest BCUT2D eigenvalue weighted by Gasteiger charge is 1.84. The lowest BCUT2D eigenvalue weighted by Crippen LogP contribution is -2.08. The molecular weight excluding hydrogens is 158 g/mol. The smallest absolute Gasteiger partial charge is 0.210 e. The van der Waals surface area contributed by atoms with Crippen LogP contribution in [0, 0.1) is 0 Å². The van der Waals surface area contributed by atoms with E-state index in [0.29, 0.717) is 0 Å². The van der Waals surface area contributed by atoms with Crippen molar-refractivity contribution in [2.24, 2.45) is 17.3 Å². The summed E-state index contributed by atoms with van der Waals surface area (Å²) in [4.78, 5) is 0.922. The van der Waals surface area contributed by atoms with Crippen LogP contribution in [0.15, 0.2) is 21.8 Å². The largest absolute Gasteiger partial charge is 0.325 e. The zero-order valence-corrected chi connectivity index (χ0v) is 7.72. The Morgan fingerprint density at radius 1 is 1.55 bits per heavy atom. The van der Waals surface area contributed by atoms with Crippen LogP contribution in [0.5, 0.6) is 0 Å². The highest BCUT2D eigenvalue weighted by atomic mass is 32.1. The molecule has 0 amide bonds. The lowest BCUT2D eigenvalue weighted by molar-refractivity contribution is 0.854. The average Bonchev–Trinajstić information content (AvgIpc) is 2.31. The Kier molecular flexibility index (Phi) is 2.59. The number of rotatable bonds is 1. The Morgan fingerprint density at radius 3 is 2.73 bits per heavy atom. The fraction of sp³-hybridized carbons (Fsp3) is 0.429. The van der Waals surface area contributed by atoms with Crippen LogP contribution in [-0.2, 0) is 7.05 Å². The van der Waals surface area contributed by atoms with Gasteiger partial charge in [-0.3, -0.25) is 0 Å². The second kappa shape index (κ2) is 3.48. The minimum Gasteiger partial charge on any atom is -0.325 e. The molecule has 0 aliphatic carbocycles. The van der Waals surface area contributed by atoms with Gasteiger partial charge in [-0.2, -0.15) is 5.10 Å². The Bertz CT molecular complexity index is 314. The van der Waals surface area contributed by atoms with Crippen LogP contribution >= 0.6 is 11.3 Å². The summed E-state index contributed by atoms with van der Waals surface area (Å²) in [6, 6.07) is 0. The van der Waals surface area contributed by atoms with Crippen LogP contribution < -0.4 is 4.80 Å². The van der Waals surface area contributed by atoms with E-state index in [1.807, 2.05) is 37.0 Å². The molecule has 0 bridgehead atoms. The van der Waals surface area contributed by atoms with Gasteiger partial charge in [0.15, 0.2) is 0 Å². The van der Waals surface area contributed by atoms with E-state index in [0.717, 1.165) is 10.5 Å². The van der Waals surface area contributed by atoms with Crippen LogP contribution in [0.3, 0.4) is 0 Å². The van der Waals surface area contributed by atoms with Crippen molar-refractivity contribution in [1.82, 2.24) is 4.57 Å². The molecular formula is C7H11N3S. The number of nitrogens with zero attached hydrogens (tertiary/aromatic N) is 3. The summed E-state index contributed by atoms with van der Waals surface area (Å²) in [7, 11) is 1.95. The van der Waals surface area contributed by atoms with E-state index in [1.54, 1.807) is 11.3 Å². The first-order valence-corrected chi connectivity index (χ1v) is 4.23. The second-order valence-corrected chi connectivity index (χ2v) is 3.32. The van der Waals surface area contributed by atoms with Crippen molar-refractivity contribution in [2.45, 2.75) is 13.8 Å². The molecule has 3 nitrogen and oxygen atoms in total. The first-order valence-electron chi connectivity index (χ1n) is 3.35. The maximum atomic E-state index is 4.03. The van der Waals surface area contributed by atoms with Crippen molar-refractivity contribution in [2.75, 3.05) is 0 Å². The average molecular weight is 169 g/mol. The predicted molar refractivity (Wildman–Crippen MR) is 47.6 cm³/mol. The summed E-state index contributed by atoms with van der Waals surface area (Å²) in [5.41, 5.74) is 0.971. The molecule has 60 valence electrons. The quantitative estimate of drug-likeness (QED) is 0.449. The van der Waals surface area contributed by atoms with Gasteiger partial charge in [-0.1, -0.05) is 0 Å². The van der Waals surface area contributed by atoms with E-state index in [9.17, 15) is 0 Å². The van der Waals surface area contributed by atoms with Crippen LogP contribution in [0.25, 0.3) is 0 Å². The van der Waals surface area contributed by atoms with Crippen molar-refractivity contribution in [1.29, 1.82) is 0 Å². The number of aromatic nitrogens is 1. The first kappa shape index (κ1) is 8.20. The van der Waals surface area contributed by atoms with Gasteiger partial charge in [0.2, 0.25) is 4.80 Å². The van der Waals surface area contributed by atoms with Gasteiger partial charge in [-0.25, -0.2) is 0 Å². The molecule has 0 aliphatic rings. The van der Waals surface area contributed by atoms with Gasteiger partial charge in [0.25, 0.3) is 0 Å². The fourth-order valence-electron chi connectivity index (χ4n) is 0.566. The summed E-state index contributed by atoms with van der Waals surface area (Å²) in [6.45, 7) is 3.86. The van der Waals surface area contributed by atoms with E-state index in [-0.39, 0.29) is 0 Å². The van der Waals surface area contributed by atoms with Gasteiger partial charge in [0, 0.05) is 24.3 Å². The number of hydrogen-bond donors (Lipinski definition) is 0. The van der Waals surface area contributed by atoms with Crippen LogP contribution in [-0.4, -0.2) is 10.3 Å². The van der Waals surface area contributed by atoms with E-state index in [2.05, 4.69) is 10.2 Å². The lowest BCUT2D eigenvalue weighted by Gasteiger charge is -1.85. The van der Waals surface area contributed by atoms with Crippen molar-refractivity contribution in [3.8, 4) is 0 Å². The monoisotopic (exact) mass is 169 g/mol. The highest BCUT2D eigenvalue weighted by molar-refractivity contribution is 7.07. The predicted octanol–water partition coefficient (Wildman–Crippen LogP) is 1.38. The molecule has 0 aromatic carbocycles. The van der Waals surface area contributed by atoms with Gasteiger partial charge in [0.05, 0.1) is 0 Å². The molecule has 0 N–H and O–H groups in total. The molecule has 0 saturated carbocycles. The van der Waals surface area contributed by atoms with Gasteiger partial charge in [-0.05, 0) is 13.8 Å². The maximum Gasteiger partial charge on any atom is 0.210 e. The molecule has 0 unspecified atom stereocenters. The Hall–Kier alpha value is -0.900. The number of thiazole rings is 1. The zero-order valence-electron chi connectivity index (χ0n) is 6.90. The van der Waals surface area contributed by atoms with Crippen molar-refractivity contribution < 1.29 is 0 Å². The van der Waals surface area contributed by atoms with Crippen LogP contribution in [0.1, 0.15) is 13.8 Å². The van der Waals surface area contributed by atoms with Crippen LogP contribution in [0.4, 0.5) is 0 Å². The van der Waals surface area contributed by atoms with Gasteiger partial charge in [-0.15, -0.1) is 16.4 Å². The fourth-order valence-corrected chi connectivity index (χ4v) is 1.25. The third kappa shape index (κ3) is 2.31. The molecule has 1 rings (SSSR count). The molecule has 0 atom stereocenters. The Morgan fingerprint density at radius 2 is 2.27 bits per heavy atom. The van der Waals surface area contributed by atoms with Gasteiger partial charge in [0.1, 0.15) is 0 Å². The molecule has 0 radical (unpaired) electrons. The molecule has 1 aromatic heterocycles. The van der Waals surface area contributed by atoms with Crippen molar-refractivity contribution in [3.05, 3.63) is 16.4 Å². The standard InChI is InChI=1S/C7H11N3S/c1-6(2)8-9-7-10(3)4-5-11-7/h4-5H,1-3H3/b9-7+. The third-order valence-corrected chi connectivity index (χ3v) is 1.93. The Labute approximate surface area is 69.7 Å².